The summed E-state index contributed by atoms with van der Waals surface area (Å²) in [4.78, 5) is 32.1. The Bertz CT molecular complexity index is 1130. The van der Waals surface area contributed by atoms with E-state index in [-0.39, 0.29) is 17.9 Å². The first-order valence-electron chi connectivity index (χ1n) is 12.0. The van der Waals surface area contributed by atoms with Gasteiger partial charge in [0.05, 0.1) is 12.7 Å². The second-order valence-corrected chi connectivity index (χ2v) is 8.54. The molecule has 1 aromatic carbocycles. The minimum Gasteiger partial charge on any atom is -0.497 e. The van der Waals surface area contributed by atoms with E-state index in [1.54, 1.807) is 43.0 Å². The molecule has 36 heavy (non-hydrogen) atoms. The number of benzene rings is 1. The molecule has 0 spiro atoms. The number of carbonyl (C=O) groups excluding carboxylic acids is 2. The van der Waals surface area contributed by atoms with Crippen LogP contribution in [0.4, 0.5) is 0 Å². The number of likely N-dealkylation sites (N-methyl/N-ethyl adjacent to an activating group) is 1. The van der Waals surface area contributed by atoms with Crippen LogP contribution in [0.5, 0.6) is 0 Å². The fraction of sp³-hybridized carbons (Fsp3) is 0.345. The number of aryl methyl sites for hydroxylation is 1. The molecule has 0 aliphatic heterocycles. The van der Waals surface area contributed by atoms with Gasteiger partial charge in [-0.05, 0) is 62.1 Å². The number of hydrogen-bond acceptors (Lipinski definition) is 4. The van der Waals surface area contributed by atoms with E-state index in [9.17, 15) is 9.59 Å². The van der Waals surface area contributed by atoms with Crippen LogP contribution in [0, 0.1) is 0 Å². The van der Waals surface area contributed by atoms with Crippen LogP contribution in [0.3, 0.4) is 0 Å². The maximum Gasteiger partial charge on any atom is 0.267 e. The molecule has 2 rings (SSSR count). The average molecular weight is 491 g/mol. The van der Waals surface area contributed by atoms with Gasteiger partial charge < -0.3 is 19.5 Å². The lowest BCUT2D eigenvalue weighted by molar-refractivity contribution is -0.127. The fourth-order valence-corrected chi connectivity index (χ4v) is 3.90. The van der Waals surface area contributed by atoms with Crippen LogP contribution in [0.25, 0.3) is 0 Å². The highest BCUT2D eigenvalue weighted by Crippen LogP contribution is 2.17. The van der Waals surface area contributed by atoms with E-state index in [0.717, 1.165) is 11.1 Å². The number of aromatic nitrogens is 1. The molecule has 1 N–H and O–H groups in total. The first kappa shape index (κ1) is 28.4. The standard InChI is InChI=1S/C29H38N4O3/c1-7-12-25(36-6)19-22(2)26(21-30-3)29(35)33(5)24(20-23-13-9-8-10-14-23)16-17-31-28(34)27-15-11-18-32(27)4/h7-15,18-19,21,24H,16-17,20H2,1-6H3,(H,31,34)/b12-7-,25-19+,26-22-,30-21?/t24-/m1/s1. The van der Waals surface area contributed by atoms with Crippen molar-refractivity contribution in [3.8, 4) is 0 Å². The van der Waals surface area contributed by atoms with Gasteiger partial charge in [-0.2, -0.15) is 0 Å². The van der Waals surface area contributed by atoms with Gasteiger partial charge in [0.15, 0.2) is 0 Å². The summed E-state index contributed by atoms with van der Waals surface area (Å²) in [7, 11) is 6.89. The van der Waals surface area contributed by atoms with Crippen molar-refractivity contribution in [1.82, 2.24) is 14.8 Å². The van der Waals surface area contributed by atoms with Crippen LogP contribution in [-0.2, 0) is 23.0 Å². The molecular formula is C29H38N4O3. The Morgan fingerprint density at radius 3 is 2.50 bits per heavy atom. The quantitative estimate of drug-likeness (QED) is 0.208. The largest absolute Gasteiger partial charge is 0.497 e. The highest BCUT2D eigenvalue weighted by molar-refractivity contribution is 6.13. The van der Waals surface area contributed by atoms with Gasteiger partial charge in [0, 0.05) is 46.1 Å². The van der Waals surface area contributed by atoms with Gasteiger partial charge in [-0.3, -0.25) is 14.6 Å². The van der Waals surface area contributed by atoms with E-state index >= 15 is 0 Å². The molecule has 1 aromatic heterocycles. The predicted molar refractivity (Wildman–Crippen MR) is 146 cm³/mol. The molecule has 192 valence electrons. The number of ether oxygens (including phenoxy) is 1. The number of nitrogens with one attached hydrogen (secondary N) is 1. The first-order chi connectivity index (χ1) is 17.3. The third-order valence-electron chi connectivity index (χ3n) is 5.96. The van der Waals surface area contributed by atoms with Crippen LogP contribution in [-0.4, -0.2) is 61.3 Å². The number of carbonyl (C=O) groups is 2. The Hall–Kier alpha value is -3.87. The van der Waals surface area contributed by atoms with E-state index in [1.165, 1.54) is 0 Å². The first-order valence-corrected chi connectivity index (χ1v) is 12.0. The SMILES string of the molecule is C\C=C/C(=C\C(C)=C(\C=NC)C(=O)N(C)[C@H](CCNC(=O)c1cccn1C)Cc1ccccc1)OC. The summed E-state index contributed by atoms with van der Waals surface area (Å²) in [6.45, 7) is 4.22. The molecule has 7 nitrogen and oxygen atoms in total. The van der Waals surface area contributed by atoms with Crippen molar-refractivity contribution in [1.29, 1.82) is 0 Å². The van der Waals surface area contributed by atoms with Crippen molar-refractivity contribution in [3.05, 3.63) is 95.1 Å². The molecular weight excluding hydrogens is 452 g/mol. The minimum atomic E-state index is -0.139. The van der Waals surface area contributed by atoms with Crippen LogP contribution in [0.1, 0.15) is 36.3 Å². The van der Waals surface area contributed by atoms with Crippen molar-refractivity contribution in [3.63, 3.8) is 0 Å². The lowest BCUT2D eigenvalue weighted by Gasteiger charge is -2.29. The zero-order chi connectivity index (χ0) is 26.5. The molecule has 0 radical (unpaired) electrons. The molecule has 1 atom stereocenters. The van der Waals surface area contributed by atoms with Crippen LogP contribution >= 0.6 is 0 Å². The van der Waals surface area contributed by atoms with Gasteiger partial charge >= 0.3 is 0 Å². The molecule has 1 heterocycles. The molecule has 2 aromatic rings. The maximum atomic E-state index is 13.7. The molecule has 0 saturated carbocycles. The van der Waals surface area contributed by atoms with Gasteiger partial charge in [0.2, 0.25) is 0 Å². The highest BCUT2D eigenvalue weighted by atomic mass is 16.5. The second kappa shape index (κ2) is 14.5. The summed E-state index contributed by atoms with van der Waals surface area (Å²) in [6, 6.07) is 13.5. The van der Waals surface area contributed by atoms with Gasteiger partial charge in [-0.1, -0.05) is 36.4 Å². The normalized spacial score (nSPS) is 13.6. The minimum absolute atomic E-state index is 0.134. The number of aliphatic imine (C=N–C) groups is 1. The van der Waals surface area contributed by atoms with E-state index < -0.39 is 0 Å². The number of methoxy groups -OCH3 is 1. The summed E-state index contributed by atoms with van der Waals surface area (Å²) in [6.07, 6.45) is 10.2. The Labute approximate surface area is 214 Å². The zero-order valence-corrected chi connectivity index (χ0v) is 22.2. The zero-order valence-electron chi connectivity index (χ0n) is 22.2. The summed E-state index contributed by atoms with van der Waals surface area (Å²) in [5.74, 6) is 0.377. The van der Waals surface area contributed by atoms with Gasteiger partial charge in [0.1, 0.15) is 11.5 Å². The Morgan fingerprint density at radius 2 is 1.92 bits per heavy atom. The monoisotopic (exact) mass is 490 g/mol. The predicted octanol–water partition coefficient (Wildman–Crippen LogP) is 4.34. The smallest absolute Gasteiger partial charge is 0.267 e. The topological polar surface area (TPSA) is 75.9 Å². The Morgan fingerprint density at radius 1 is 1.19 bits per heavy atom. The van der Waals surface area contributed by atoms with Crippen molar-refractivity contribution >= 4 is 18.0 Å². The van der Waals surface area contributed by atoms with Crippen molar-refractivity contribution < 1.29 is 14.3 Å². The van der Waals surface area contributed by atoms with Crippen LogP contribution in [0.2, 0.25) is 0 Å². The maximum absolute atomic E-state index is 13.7. The van der Waals surface area contributed by atoms with Crippen LogP contribution < -0.4 is 5.32 Å². The number of allylic oxidation sites excluding steroid dienone is 4. The molecule has 7 heteroatoms. The Balaban J connectivity index is 2.28. The Kier molecular flexibility index (Phi) is 11.4. The fourth-order valence-electron chi connectivity index (χ4n) is 3.90. The molecule has 0 aliphatic carbocycles. The van der Waals surface area contributed by atoms with Crippen LogP contribution in [0.15, 0.2) is 88.8 Å². The summed E-state index contributed by atoms with van der Waals surface area (Å²) in [5.41, 5.74) is 2.96. The molecule has 2 amide bonds. The van der Waals surface area contributed by atoms with Gasteiger partial charge in [0.25, 0.3) is 11.8 Å². The molecule has 0 unspecified atom stereocenters. The van der Waals surface area contributed by atoms with Crippen molar-refractivity contribution in [2.45, 2.75) is 32.7 Å². The lowest BCUT2D eigenvalue weighted by Crippen LogP contribution is -2.42. The number of rotatable bonds is 12. The lowest BCUT2D eigenvalue weighted by atomic mass is 10.00. The van der Waals surface area contributed by atoms with Gasteiger partial charge in [-0.25, -0.2) is 0 Å². The second-order valence-electron chi connectivity index (χ2n) is 8.54. The molecule has 0 saturated heterocycles. The highest BCUT2D eigenvalue weighted by Gasteiger charge is 2.24. The van der Waals surface area contributed by atoms with Crippen molar-refractivity contribution in [2.75, 3.05) is 27.7 Å². The van der Waals surface area contributed by atoms with E-state index in [1.807, 2.05) is 81.7 Å². The van der Waals surface area contributed by atoms with E-state index in [2.05, 4.69) is 10.3 Å². The number of hydrogen-bond donors (Lipinski definition) is 1. The molecule has 0 fully saturated rings. The third-order valence-corrected chi connectivity index (χ3v) is 5.96. The molecule has 0 aliphatic rings. The molecule has 0 bridgehead atoms. The summed E-state index contributed by atoms with van der Waals surface area (Å²) < 4.78 is 7.18. The summed E-state index contributed by atoms with van der Waals surface area (Å²) >= 11 is 0. The van der Waals surface area contributed by atoms with Crippen molar-refractivity contribution in [2.24, 2.45) is 12.0 Å². The number of amides is 2. The van der Waals surface area contributed by atoms with E-state index in [0.29, 0.717) is 36.4 Å². The average Bonchev–Trinajstić information content (AvgIpc) is 3.31. The summed E-state index contributed by atoms with van der Waals surface area (Å²) in [5, 5.41) is 2.99. The van der Waals surface area contributed by atoms with E-state index in [4.69, 9.17) is 4.74 Å². The third kappa shape index (κ3) is 8.12. The van der Waals surface area contributed by atoms with Gasteiger partial charge in [-0.15, -0.1) is 0 Å². The number of nitrogens with zero attached hydrogens (tertiary/aromatic N) is 3.